The third-order valence-corrected chi connectivity index (χ3v) is 5.11. The van der Waals surface area contributed by atoms with Crippen LogP contribution in [-0.4, -0.2) is 8.42 Å². The number of sulfonamides is 1. The fourth-order valence-electron chi connectivity index (χ4n) is 1.69. The molecular formula is C13H12BrClN2O2S. The lowest BCUT2D eigenvalue weighted by Gasteiger charge is -2.12. The van der Waals surface area contributed by atoms with Gasteiger partial charge in [0.25, 0.3) is 10.0 Å². The van der Waals surface area contributed by atoms with Crippen molar-refractivity contribution < 1.29 is 8.42 Å². The number of rotatable bonds is 3. The van der Waals surface area contributed by atoms with E-state index in [2.05, 4.69) is 20.7 Å². The molecular weight excluding hydrogens is 364 g/mol. The minimum absolute atomic E-state index is 0.136. The Morgan fingerprint density at radius 1 is 1.25 bits per heavy atom. The Hall–Kier alpha value is -1.24. The Balaban J connectivity index is 2.44. The number of anilines is 2. The van der Waals surface area contributed by atoms with E-state index in [0.29, 0.717) is 22.0 Å². The van der Waals surface area contributed by atoms with Crippen molar-refractivity contribution in [2.24, 2.45) is 0 Å². The van der Waals surface area contributed by atoms with Crippen LogP contribution in [0, 0.1) is 6.92 Å². The SMILES string of the molecule is Cc1c(N)cccc1S(=O)(=O)Nc1ccc(Br)cc1Cl. The molecule has 0 bridgehead atoms. The first-order valence-electron chi connectivity index (χ1n) is 5.64. The van der Waals surface area contributed by atoms with Crippen molar-refractivity contribution >= 4 is 48.9 Å². The van der Waals surface area contributed by atoms with Gasteiger partial charge in [-0.3, -0.25) is 4.72 Å². The highest BCUT2D eigenvalue weighted by atomic mass is 79.9. The first-order chi connectivity index (χ1) is 9.31. The largest absolute Gasteiger partial charge is 0.398 e. The summed E-state index contributed by atoms with van der Waals surface area (Å²) in [7, 11) is -3.73. The van der Waals surface area contributed by atoms with Gasteiger partial charge in [-0.25, -0.2) is 8.42 Å². The average molecular weight is 376 g/mol. The van der Waals surface area contributed by atoms with Gasteiger partial charge >= 0.3 is 0 Å². The zero-order chi connectivity index (χ0) is 14.9. The van der Waals surface area contributed by atoms with Gasteiger partial charge in [0.1, 0.15) is 0 Å². The Labute approximate surface area is 131 Å². The molecule has 0 fully saturated rings. The molecule has 0 radical (unpaired) electrons. The molecule has 0 unspecified atom stereocenters. The van der Waals surface area contributed by atoms with E-state index in [0.717, 1.165) is 4.47 Å². The first-order valence-corrected chi connectivity index (χ1v) is 8.29. The van der Waals surface area contributed by atoms with Crippen molar-refractivity contribution in [2.75, 3.05) is 10.5 Å². The minimum Gasteiger partial charge on any atom is -0.398 e. The predicted octanol–water partition coefficient (Wildman–Crippen LogP) is 3.79. The van der Waals surface area contributed by atoms with E-state index in [1.165, 1.54) is 6.07 Å². The van der Waals surface area contributed by atoms with Crippen molar-refractivity contribution in [2.45, 2.75) is 11.8 Å². The molecule has 0 aliphatic heterocycles. The number of nitrogens with two attached hydrogens (primary N) is 1. The quantitative estimate of drug-likeness (QED) is 0.802. The standard InChI is InChI=1S/C13H12BrClN2O2S/c1-8-11(16)3-2-4-13(8)20(18,19)17-12-6-5-9(14)7-10(12)15/h2-7,17H,16H2,1H3. The predicted molar refractivity (Wildman–Crippen MR) is 85.6 cm³/mol. The average Bonchev–Trinajstić information content (AvgIpc) is 2.36. The van der Waals surface area contributed by atoms with E-state index >= 15 is 0 Å². The summed E-state index contributed by atoms with van der Waals surface area (Å²) in [6, 6.07) is 9.66. The maximum absolute atomic E-state index is 12.4. The van der Waals surface area contributed by atoms with Crippen molar-refractivity contribution in [3.8, 4) is 0 Å². The highest BCUT2D eigenvalue weighted by Gasteiger charge is 2.19. The fourth-order valence-corrected chi connectivity index (χ4v) is 3.83. The van der Waals surface area contributed by atoms with Gasteiger partial charge < -0.3 is 5.73 Å². The van der Waals surface area contributed by atoms with Gasteiger partial charge in [-0.2, -0.15) is 0 Å². The van der Waals surface area contributed by atoms with Gasteiger partial charge in [-0.15, -0.1) is 0 Å². The molecule has 0 heterocycles. The molecule has 0 spiro atoms. The van der Waals surface area contributed by atoms with Crippen LogP contribution in [0.2, 0.25) is 5.02 Å². The van der Waals surface area contributed by atoms with E-state index in [1.807, 2.05) is 0 Å². The van der Waals surface area contributed by atoms with E-state index < -0.39 is 10.0 Å². The van der Waals surface area contributed by atoms with Crippen LogP contribution in [0.15, 0.2) is 45.8 Å². The summed E-state index contributed by atoms with van der Waals surface area (Å²) in [6.07, 6.45) is 0. The Morgan fingerprint density at radius 3 is 2.60 bits per heavy atom. The lowest BCUT2D eigenvalue weighted by molar-refractivity contribution is 0.600. The zero-order valence-corrected chi connectivity index (χ0v) is 13.7. The highest BCUT2D eigenvalue weighted by molar-refractivity contribution is 9.10. The number of nitrogen functional groups attached to an aromatic ring is 1. The van der Waals surface area contributed by atoms with Crippen LogP contribution >= 0.6 is 27.5 Å². The van der Waals surface area contributed by atoms with Crippen molar-refractivity contribution in [3.05, 3.63) is 51.5 Å². The second kappa shape index (κ2) is 5.63. The topological polar surface area (TPSA) is 72.2 Å². The monoisotopic (exact) mass is 374 g/mol. The van der Waals surface area contributed by atoms with E-state index in [4.69, 9.17) is 17.3 Å². The Morgan fingerprint density at radius 2 is 1.95 bits per heavy atom. The summed E-state index contributed by atoms with van der Waals surface area (Å²) in [4.78, 5) is 0.136. The van der Waals surface area contributed by atoms with Crippen molar-refractivity contribution in [1.82, 2.24) is 0 Å². The van der Waals surface area contributed by atoms with Crippen LogP contribution < -0.4 is 10.5 Å². The summed E-state index contributed by atoms with van der Waals surface area (Å²) in [6.45, 7) is 1.66. The zero-order valence-electron chi connectivity index (χ0n) is 10.5. The summed E-state index contributed by atoms with van der Waals surface area (Å²) in [5, 5.41) is 0.310. The van der Waals surface area contributed by atoms with Crippen LogP contribution in [0.25, 0.3) is 0 Å². The number of halogens is 2. The highest BCUT2D eigenvalue weighted by Crippen LogP contribution is 2.29. The molecule has 0 saturated heterocycles. The molecule has 0 saturated carbocycles. The molecule has 0 amide bonds. The van der Waals surface area contributed by atoms with Gasteiger partial charge in [0.2, 0.25) is 0 Å². The number of nitrogens with one attached hydrogen (secondary N) is 1. The van der Waals surface area contributed by atoms with Crippen LogP contribution in [0.3, 0.4) is 0 Å². The number of benzene rings is 2. The molecule has 0 aliphatic carbocycles. The molecule has 20 heavy (non-hydrogen) atoms. The van der Waals surface area contributed by atoms with Gasteiger partial charge in [0.05, 0.1) is 15.6 Å². The molecule has 0 aliphatic rings. The van der Waals surface area contributed by atoms with Crippen molar-refractivity contribution in [1.29, 1.82) is 0 Å². The number of hydrogen-bond acceptors (Lipinski definition) is 3. The van der Waals surface area contributed by atoms with E-state index in [1.54, 1.807) is 37.3 Å². The van der Waals surface area contributed by atoms with Gasteiger partial charge in [0, 0.05) is 10.2 Å². The lowest BCUT2D eigenvalue weighted by atomic mass is 10.2. The van der Waals surface area contributed by atoms with Crippen LogP contribution in [0.4, 0.5) is 11.4 Å². The molecule has 4 nitrogen and oxygen atoms in total. The van der Waals surface area contributed by atoms with Crippen LogP contribution in [0.1, 0.15) is 5.56 Å². The Bertz CT molecular complexity index is 763. The van der Waals surface area contributed by atoms with Crippen molar-refractivity contribution in [3.63, 3.8) is 0 Å². The molecule has 106 valence electrons. The second-order valence-corrected chi connectivity index (χ2v) is 7.17. The molecule has 2 rings (SSSR count). The Kier molecular flexibility index (Phi) is 4.27. The molecule has 2 aromatic carbocycles. The summed E-state index contributed by atoms with van der Waals surface area (Å²) in [5.41, 5.74) is 6.99. The fraction of sp³-hybridized carbons (Fsp3) is 0.0769. The smallest absolute Gasteiger partial charge is 0.262 e. The third-order valence-electron chi connectivity index (χ3n) is 2.79. The van der Waals surface area contributed by atoms with E-state index in [9.17, 15) is 8.42 Å². The first kappa shape index (κ1) is 15.2. The second-order valence-electron chi connectivity index (χ2n) is 4.20. The summed E-state index contributed by atoms with van der Waals surface area (Å²) < 4.78 is 28.0. The molecule has 2 aromatic rings. The van der Waals surface area contributed by atoms with Crippen LogP contribution in [0.5, 0.6) is 0 Å². The molecule has 3 N–H and O–H groups in total. The minimum atomic E-state index is -3.73. The summed E-state index contributed by atoms with van der Waals surface area (Å²) >= 11 is 9.28. The maximum Gasteiger partial charge on any atom is 0.262 e. The molecule has 0 atom stereocenters. The van der Waals surface area contributed by atoms with E-state index in [-0.39, 0.29) is 4.90 Å². The van der Waals surface area contributed by atoms with Gasteiger partial charge in [-0.1, -0.05) is 33.6 Å². The van der Waals surface area contributed by atoms with Gasteiger partial charge in [-0.05, 0) is 42.8 Å². The third kappa shape index (κ3) is 3.08. The normalized spacial score (nSPS) is 11.3. The number of hydrogen-bond donors (Lipinski definition) is 2. The lowest BCUT2D eigenvalue weighted by Crippen LogP contribution is -2.15. The maximum atomic E-state index is 12.4. The summed E-state index contributed by atoms with van der Waals surface area (Å²) in [5.74, 6) is 0. The van der Waals surface area contributed by atoms with Crippen LogP contribution in [-0.2, 0) is 10.0 Å². The molecule has 0 aromatic heterocycles. The van der Waals surface area contributed by atoms with Gasteiger partial charge in [0.15, 0.2) is 0 Å². The molecule has 7 heteroatoms.